The van der Waals surface area contributed by atoms with Gasteiger partial charge in [0.15, 0.2) is 29.1 Å². The van der Waals surface area contributed by atoms with Crippen LogP contribution in [0.5, 0.6) is 23.0 Å². The summed E-state index contributed by atoms with van der Waals surface area (Å²) in [5.41, 5.74) is 3.71. The number of nitrogens with zero attached hydrogens (tertiary/aromatic N) is 1. The number of amides is 1. The fraction of sp³-hybridized carbons (Fsp3) is 0.300. The molecule has 0 saturated carbocycles. The number of hydrogen-bond acceptors (Lipinski definition) is 7. The number of fused-ring (bicyclic) bond motifs is 1. The molecule has 1 heterocycles. The lowest BCUT2D eigenvalue weighted by atomic mass is 10.1. The van der Waals surface area contributed by atoms with Crippen molar-refractivity contribution in [3.63, 3.8) is 0 Å². The first-order valence-electron chi connectivity index (χ1n) is 8.74. The predicted molar refractivity (Wildman–Crippen MR) is 107 cm³/mol. The Labute approximate surface area is 173 Å². The first kappa shape index (κ1) is 20.8. The number of hydrogen-bond donors (Lipinski definition) is 1. The van der Waals surface area contributed by atoms with Gasteiger partial charge in [-0.25, -0.2) is 5.43 Å². The second-order valence-corrected chi connectivity index (χ2v) is 6.40. The molecular formula is C20H21ClN2O6. The van der Waals surface area contributed by atoms with E-state index in [2.05, 4.69) is 10.5 Å². The smallest absolute Gasteiger partial charge is 0.273 e. The molecule has 1 amide bonds. The van der Waals surface area contributed by atoms with E-state index in [9.17, 15) is 4.79 Å². The second-order valence-electron chi connectivity index (χ2n) is 5.99. The lowest BCUT2D eigenvalue weighted by Crippen LogP contribution is -2.27. The molecule has 2 aromatic carbocycles. The summed E-state index contributed by atoms with van der Waals surface area (Å²) in [5, 5.41) is 4.35. The molecule has 1 aliphatic rings. The van der Waals surface area contributed by atoms with E-state index in [1.54, 1.807) is 30.3 Å². The Bertz CT molecular complexity index is 918. The Hall–Kier alpha value is -2.97. The average Bonchev–Trinajstić information content (AvgIpc) is 2.73. The maximum absolute atomic E-state index is 12.5. The zero-order chi connectivity index (χ0) is 20.8. The lowest BCUT2D eigenvalue weighted by Gasteiger charge is -2.20. The van der Waals surface area contributed by atoms with Crippen molar-refractivity contribution < 1.29 is 28.5 Å². The summed E-state index contributed by atoms with van der Waals surface area (Å²) in [6.07, 6.45) is 0.583. The average molecular weight is 421 g/mol. The molecule has 0 fully saturated rings. The predicted octanol–water partition coefficient (Wildman–Crippen LogP) is 2.97. The first-order valence-corrected chi connectivity index (χ1v) is 9.12. The van der Waals surface area contributed by atoms with Gasteiger partial charge in [-0.2, -0.15) is 5.10 Å². The van der Waals surface area contributed by atoms with Crippen LogP contribution in [0.3, 0.4) is 0 Å². The molecule has 1 N–H and O–H groups in total. The van der Waals surface area contributed by atoms with Crippen molar-refractivity contribution in [2.45, 2.75) is 6.10 Å². The summed E-state index contributed by atoms with van der Waals surface area (Å²) in [6, 6.07) is 8.55. The molecule has 0 bridgehead atoms. The minimum absolute atomic E-state index is 0.366. The SMILES string of the molecule is COc1cc(C=NNC(=O)C(OC)c2ccc3c(c2)OCCO3)cc(Cl)c1OC. The quantitative estimate of drug-likeness (QED) is 0.547. The standard InChI is InChI=1S/C20H21ClN2O6/c1-25-17-9-12(8-14(21)19(17)27-3)11-22-23-20(24)18(26-2)13-4-5-15-16(10-13)29-7-6-28-15/h4-5,8-11,18H,6-7H2,1-3H3,(H,23,24). The van der Waals surface area contributed by atoms with E-state index in [-0.39, 0.29) is 0 Å². The second kappa shape index (κ2) is 9.49. The lowest BCUT2D eigenvalue weighted by molar-refractivity contribution is -0.131. The van der Waals surface area contributed by atoms with Gasteiger partial charge in [0.25, 0.3) is 5.91 Å². The highest BCUT2D eigenvalue weighted by Gasteiger charge is 2.22. The molecule has 0 spiro atoms. The van der Waals surface area contributed by atoms with Gasteiger partial charge < -0.3 is 23.7 Å². The fourth-order valence-electron chi connectivity index (χ4n) is 2.86. The highest BCUT2D eigenvalue weighted by Crippen LogP contribution is 2.36. The molecule has 0 radical (unpaired) electrons. The van der Waals surface area contributed by atoms with Crippen LogP contribution in [-0.4, -0.2) is 46.7 Å². The maximum Gasteiger partial charge on any atom is 0.273 e. The van der Waals surface area contributed by atoms with Crippen molar-refractivity contribution in [2.75, 3.05) is 34.5 Å². The zero-order valence-electron chi connectivity index (χ0n) is 16.2. The van der Waals surface area contributed by atoms with Gasteiger partial charge in [-0.3, -0.25) is 4.79 Å². The highest BCUT2D eigenvalue weighted by atomic mass is 35.5. The molecule has 1 atom stereocenters. The molecule has 0 aliphatic carbocycles. The van der Waals surface area contributed by atoms with Crippen molar-refractivity contribution in [3.05, 3.63) is 46.5 Å². The van der Waals surface area contributed by atoms with Gasteiger partial charge >= 0.3 is 0 Å². The van der Waals surface area contributed by atoms with Crippen molar-refractivity contribution in [2.24, 2.45) is 5.10 Å². The van der Waals surface area contributed by atoms with Crippen LogP contribution < -0.4 is 24.4 Å². The minimum Gasteiger partial charge on any atom is -0.493 e. The zero-order valence-corrected chi connectivity index (χ0v) is 17.0. The van der Waals surface area contributed by atoms with Gasteiger partial charge in [0.2, 0.25) is 0 Å². The maximum atomic E-state index is 12.5. The Morgan fingerprint density at radius 2 is 1.90 bits per heavy atom. The molecule has 2 aromatic rings. The summed E-state index contributed by atoms with van der Waals surface area (Å²) < 4.78 is 26.8. The van der Waals surface area contributed by atoms with Crippen LogP contribution in [0.25, 0.3) is 0 Å². The van der Waals surface area contributed by atoms with Crippen LogP contribution in [-0.2, 0) is 9.53 Å². The highest BCUT2D eigenvalue weighted by molar-refractivity contribution is 6.32. The molecule has 0 aromatic heterocycles. The normalized spacial score (nSPS) is 13.8. The van der Waals surface area contributed by atoms with E-state index in [0.29, 0.717) is 52.4 Å². The van der Waals surface area contributed by atoms with E-state index >= 15 is 0 Å². The van der Waals surface area contributed by atoms with E-state index in [1.165, 1.54) is 27.5 Å². The molecule has 0 saturated heterocycles. The summed E-state index contributed by atoms with van der Waals surface area (Å²) in [5.74, 6) is 1.66. The van der Waals surface area contributed by atoms with Crippen LogP contribution in [0.15, 0.2) is 35.4 Å². The molecule has 1 unspecified atom stereocenters. The summed E-state index contributed by atoms with van der Waals surface area (Å²) in [4.78, 5) is 12.5. The number of ether oxygens (including phenoxy) is 5. The number of rotatable bonds is 7. The molecule has 29 heavy (non-hydrogen) atoms. The number of hydrazone groups is 1. The first-order chi connectivity index (χ1) is 14.1. The van der Waals surface area contributed by atoms with Crippen molar-refractivity contribution >= 4 is 23.7 Å². The number of carbonyl (C=O) groups excluding carboxylic acids is 1. The summed E-state index contributed by atoms with van der Waals surface area (Å²) in [6.45, 7) is 0.952. The summed E-state index contributed by atoms with van der Waals surface area (Å²) in [7, 11) is 4.45. The third-order valence-electron chi connectivity index (χ3n) is 4.19. The van der Waals surface area contributed by atoms with Gasteiger partial charge in [0.1, 0.15) is 13.2 Å². The van der Waals surface area contributed by atoms with Gasteiger partial charge in [0.05, 0.1) is 25.5 Å². The molecule has 9 heteroatoms. The van der Waals surface area contributed by atoms with Crippen LogP contribution in [0.1, 0.15) is 17.2 Å². The number of benzene rings is 2. The third kappa shape index (κ3) is 4.72. The molecule has 154 valence electrons. The van der Waals surface area contributed by atoms with Gasteiger partial charge in [0, 0.05) is 7.11 Å². The largest absolute Gasteiger partial charge is 0.493 e. The van der Waals surface area contributed by atoms with E-state index in [0.717, 1.165) is 0 Å². The van der Waals surface area contributed by atoms with Crippen molar-refractivity contribution in [1.82, 2.24) is 5.43 Å². The van der Waals surface area contributed by atoms with E-state index < -0.39 is 12.0 Å². The number of nitrogens with one attached hydrogen (secondary N) is 1. The van der Waals surface area contributed by atoms with E-state index in [4.69, 9.17) is 35.3 Å². The Morgan fingerprint density at radius 3 is 2.59 bits per heavy atom. The van der Waals surface area contributed by atoms with Crippen LogP contribution in [0, 0.1) is 0 Å². The van der Waals surface area contributed by atoms with Crippen molar-refractivity contribution in [1.29, 1.82) is 0 Å². The molecular weight excluding hydrogens is 400 g/mol. The third-order valence-corrected chi connectivity index (χ3v) is 4.47. The Morgan fingerprint density at radius 1 is 1.14 bits per heavy atom. The van der Waals surface area contributed by atoms with Crippen LogP contribution >= 0.6 is 11.6 Å². The van der Waals surface area contributed by atoms with E-state index in [1.807, 2.05) is 0 Å². The molecule has 1 aliphatic heterocycles. The van der Waals surface area contributed by atoms with Crippen molar-refractivity contribution in [3.8, 4) is 23.0 Å². The van der Waals surface area contributed by atoms with Gasteiger partial charge in [-0.1, -0.05) is 17.7 Å². The fourth-order valence-corrected chi connectivity index (χ4v) is 3.16. The van der Waals surface area contributed by atoms with Crippen LogP contribution in [0.2, 0.25) is 5.02 Å². The van der Waals surface area contributed by atoms with Gasteiger partial charge in [-0.05, 0) is 35.4 Å². The molecule has 8 nitrogen and oxygen atoms in total. The number of halogens is 1. The Balaban J connectivity index is 1.71. The monoisotopic (exact) mass is 420 g/mol. The van der Waals surface area contributed by atoms with Crippen LogP contribution in [0.4, 0.5) is 0 Å². The molecule has 3 rings (SSSR count). The van der Waals surface area contributed by atoms with Gasteiger partial charge in [-0.15, -0.1) is 0 Å². The summed E-state index contributed by atoms with van der Waals surface area (Å²) >= 11 is 6.17. The number of carbonyl (C=O) groups is 1. The Kier molecular flexibility index (Phi) is 6.79. The number of methoxy groups -OCH3 is 3. The topological polar surface area (TPSA) is 87.6 Å². The minimum atomic E-state index is -0.864.